The Morgan fingerprint density at radius 3 is 2.96 bits per heavy atom. The first-order chi connectivity index (χ1) is 13.2. The number of amides is 1. The summed E-state index contributed by atoms with van der Waals surface area (Å²) < 4.78 is 5.72. The topological polar surface area (TPSA) is 57.2 Å². The highest BCUT2D eigenvalue weighted by Crippen LogP contribution is 2.28. The summed E-state index contributed by atoms with van der Waals surface area (Å²) in [4.78, 5) is 21.3. The average molecular weight is 373 g/mol. The lowest BCUT2D eigenvalue weighted by atomic mass is 10.0. The number of hydrogen-bond acceptors (Lipinski definition) is 3. The van der Waals surface area contributed by atoms with Gasteiger partial charge in [-0.3, -0.25) is 4.79 Å². The van der Waals surface area contributed by atoms with Crippen LogP contribution >= 0.6 is 0 Å². The van der Waals surface area contributed by atoms with Crippen LogP contribution in [0.3, 0.4) is 0 Å². The van der Waals surface area contributed by atoms with E-state index >= 15 is 0 Å². The van der Waals surface area contributed by atoms with Crippen molar-refractivity contribution in [3.05, 3.63) is 29.8 Å². The molecule has 148 valence electrons. The minimum absolute atomic E-state index is 0.0518. The summed E-state index contributed by atoms with van der Waals surface area (Å²) in [5.41, 5.74) is 2.29. The molecule has 1 aliphatic heterocycles. The largest absolute Gasteiger partial charge is 0.379 e. The average Bonchev–Trinajstić information content (AvgIpc) is 3.52. The number of hydrogen-bond donors (Lipinski definition) is 1. The Bertz CT molecular complexity index is 657. The summed E-state index contributed by atoms with van der Waals surface area (Å²) in [6.45, 7) is 6.05. The zero-order chi connectivity index (χ0) is 19.1. The van der Waals surface area contributed by atoms with Crippen molar-refractivity contribution in [2.75, 3.05) is 51.3 Å². The molecular formula is C21H32N4O2. The van der Waals surface area contributed by atoms with Crippen molar-refractivity contribution in [3.63, 3.8) is 0 Å². The van der Waals surface area contributed by atoms with Gasteiger partial charge in [0.15, 0.2) is 5.96 Å². The number of anilines is 1. The molecule has 0 radical (unpaired) electrons. The molecule has 6 nitrogen and oxygen atoms in total. The molecule has 1 aliphatic carbocycles. The summed E-state index contributed by atoms with van der Waals surface area (Å²) in [5, 5.41) is 3.27. The van der Waals surface area contributed by atoms with Crippen molar-refractivity contribution >= 4 is 17.6 Å². The van der Waals surface area contributed by atoms with E-state index in [1.54, 1.807) is 0 Å². The van der Waals surface area contributed by atoms with Crippen LogP contribution in [0.4, 0.5) is 5.69 Å². The second kappa shape index (κ2) is 9.74. The van der Waals surface area contributed by atoms with Crippen LogP contribution < -0.4 is 10.2 Å². The van der Waals surface area contributed by atoms with Crippen molar-refractivity contribution in [2.24, 2.45) is 10.9 Å². The van der Waals surface area contributed by atoms with Gasteiger partial charge in [0.2, 0.25) is 5.91 Å². The third-order valence-electron chi connectivity index (χ3n) is 5.09. The number of carbonyl (C=O) groups excluding carboxylic acids is 1. The summed E-state index contributed by atoms with van der Waals surface area (Å²) in [5.74, 6) is 1.59. The van der Waals surface area contributed by atoms with Crippen molar-refractivity contribution in [1.29, 1.82) is 0 Å². The normalized spacial score (nSPS) is 16.8. The molecule has 1 fully saturated rings. The first kappa shape index (κ1) is 19.7. The molecule has 0 bridgehead atoms. The number of aryl methyl sites for hydroxylation is 1. The Morgan fingerprint density at radius 1 is 1.37 bits per heavy atom. The van der Waals surface area contributed by atoms with E-state index in [4.69, 9.17) is 4.74 Å². The Hall–Kier alpha value is -2.08. The molecule has 0 aromatic heterocycles. The second-order valence-corrected chi connectivity index (χ2v) is 7.39. The Labute approximate surface area is 162 Å². The lowest BCUT2D eigenvalue weighted by Gasteiger charge is -2.29. The Kier molecular flexibility index (Phi) is 7.10. The number of fused-ring (bicyclic) bond motifs is 1. The zero-order valence-electron chi connectivity index (χ0n) is 16.6. The first-order valence-corrected chi connectivity index (χ1v) is 10.1. The molecule has 1 amide bonds. The molecule has 0 unspecified atom stereocenters. The number of benzene rings is 1. The number of aliphatic imine (C=N–C) groups is 1. The Balaban J connectivity index is 1.54. The molecule has 27 heavy (non-hydrogen) atoms. The molecule has 1 saturated carbocycles. The quantitative estimate of drug-likeness (QED) is 0.432. The number of ether oxygens (including phenoxy) is 1. The van der Waals surface area contributed by atoms with Crippen LogP contribution in [0.5, 0.6) is 0 Å². The zero-order valence-corrected chi connectivity index (χ0v) is 16.6. The number of carbonyl (C=O) groups is 1. The van der Waals surface area contributed by atoms with Gasteiger partial charge in [-0.2, -0.15) is 0 Å². The fourth-order valence-corrected chi connectivity index (χ4v) is 3.33. The first-order valence-electron chi connectivity index (χ1n) is 10.1. The van der Waals surface area contributed by atoms with Gasteiger partial charge in [0, 0.05) is 39.0 Å². The fraction of sp³-hybridized carbons (Fsp3) is 0.619. The van der Waals surface area contributed by atoms with E-state index in [-0.39, 0.29) is 12.5 Å². The van der Waals surface area contributed by atoms with E-state index in [1.165, 1.54) is 18.4 Å². The van der Waals surface area contributed by atoms with Gasteiger partial charge >= 0.3 is 0 Å². The van der Waals surface area contributed by atoms with Crippen LogP contribution in [-0.4, -0.2) is 63.2 Å². The van der Waals surface area contributed by atoms with E-state index in [0.717, 1.165) is 56.6 Å². The van der Waals surface area contributed by atoms with Gasteiger partial charge in [0.05, 0.1) is 6.61 Å². The number of nitrogens with one attached hydrogen (secondary N) is 1. The van der Waals surface area contributed by atoms with Gasteiger partial charge in [-0.05, 0) is 50.2 Å². The molecule has 2 aliphatic rings. The van der Waals surface area contributed by atoms with E-state index < -0.39 is 0 Å². The van der Waals surface area contributed by atoms with Gasteiger partial charge in [-0.25, -0.2) is 4.99 Å². The molecule has 1 heterocycles. The van der Waals surface area contributed by atoms with Crippen LogP contribution in [0.25, 0.3) is 0 Å². The predicted molar refractivity (Wildman–Crippen MR) is 109 cm³/mol. The van der Waals surface area contributed by atoms with E-state index in [1.807, 2.05) is 42.0 Å². The van der Waals surface area contributed by atoms with Crippen LogP contribution in [0.1, 0.15) is 31.7 Å². The highest BCUT2D eigenvalue weighted by atomic mass is 16.5. The molecule has 1 aromatic carbocycles. The van der Waals surface area contributed by atoms with Gasteiger partial charge in [-0.15, -0.1) is 0 Å². The molecule has 6 heteroatoms. The molecular weight excluding hydrogens is 340 g/mol. The van der Waals surface area contributed by atoms with Crippen LogP contribution in [0.2, 0.25) is 0 Å². The highest BCUT2D eigenvalue weighted by Gasteiger charge is 2.22. The van der Waals surface area contributed by atoms with Gasteiger partial charge in [0.1, 0.15) is 6.54 Å². The molecule has 1 aromatic rings. The van der Waals surface area contributed by atoms with Gasteiger partial charge in [0.25, 0.3) is 0 Å². The van der Waals surface area contributed by atoms with E-state index in [2.05, 4.69) is 16.4 Å². The second-order valence-electron chi connectivity index (χ2n) is 7.39. The van der Waals surface area contributed by atoms with Crippen molar-refractivity contribution in [2.45, 2.75) is 32.6 Å². The molecule has 0 spiro atoms. The Morgan fingerprint density at radius 2 is 2.19 bits per heavy atom. The van der Waals surface area contributed by atoms with Crippen LogP contribution in [0, 0.1) is 5.92 Å². The number of para-hydroxylation sites is 1. The van der Waals surface area contributed by atoms with Gasteiger partial charge in [-0.1, -0.05) is 18.2 Å². The van der Waals surface area contributed by atoms with Crippen molar-refractivity contribution < 1.29 is 9.53 Å². The van der Waals surface area contributed by atoms with Crippen molar-refractivity contribution in [1.82, 2.24) is 10.2 Å². The van der Waals surface area contributed by atoms with Crippen LogP contribution in [-0.2, 0) is 16.0 Å². The fourth-order valence-electron chi connectivity index (χ4n) is 3.33. The SMILES string of the molecule is CCNC(=NCC(=O)N1CCCc2ccccc21)N(C)CCOCC1CC1. The third-order valence-corrected chi connectivity index (χ3v) is 5.09. The maximum atomic E-state index is 12.8. The minimum Gasteiger partial charge on any atom is -0.379 e. The number of rotatable bonds is 8. The number of guanidine groups is 1. The summed E-state index contributed by atoms with van der Waals surface area (Å²) in [6.07, 6.45) is 4.66. The summed E-state index contributed by atoms with van der Waals surface area (Å²) in [6, 6.07) is 8.17. The maximum absolute atomic E-state index is 12.8. The maximum Gasteiger partial charge on any atom is 0.248 e. The van der Waals surface area contributed by atoms with E-state index in [0.29, 0.717) is 6.61 Å². The lowest BCUT2D eigenvalue weighted by molar-refractivity contribution is -0.117. The minimum atomic E-state index is 0.0518. The van der Waals surface area contributed by atoms with E-state index in [9.17, 15) is 4.79 Å². The molecule has 0 atom stereocenters. The van der Waals surface area contributed by atoms with Crippen molar-refractivity contribution in [3.8, 4) is 0 Å². The van der Waals surface area contributed by atoms with Crippen LogP contribution in [0.15, 0.2) is 29.3 Å². The predicted octanol–water partition coefficient (Wildman–Crippen LogP) is 2.29. The number of nitrogens with zero attached hydrogens (tertiary/aromatic N) is 3. The number of likely N-dealkylation sites (N-methyl/N-ethyl adjacent to an activating group) is 1. The third kappa shape index (κ3) is 5.70. The van der Waals surface area contributed by atoms with Gasteiger partial charge < -0.3 is 19.9 Å². The molecule has 3 rings (SSSR count). The lowest BCUT2D eigenvalue weighted by Crippen LogP contribution is -2.42. The summed E-state index contributed by atoms with van der Waals surface area (Å²) >= 11 is 0. The standard InChI is InChI=1S/C21H32N4O2/c1-3-22-21(24(2)13-14-27-16-17-10-11-17)23-15-20(26)25-12-6-8-18-7-4-5-9-19(18)25/h4-5,7,9,17H,3,6,8,10-16H2,1-2H3,(H,22,23). The smallest absolute Gasteiger partial charge is 0.248 e. The monoisotopic (exact) mass is 372 g/mol. The summed E-state index contributed by atoms with van der Waals surface area (Å²) in [7, 11) is 1.99. The highest BCUT2D eigenvalue weighted by molar-refractivity contribution is 5.97. The molecule has 0 saturated heterocycles. The molecule has 1 N–H and O–H groups in total.